The van der Waals surface area contributed by atoms with E-state index >= 15 is 0 Å². The van der Waals surface area contributed by atoms with Crippen molar-refractivity contribution in [2.24, 2.45) is 0 Å². The highest BCUT2D eigenvalue weighted by Gasteiger charge is 2.03. The Balaban J connectivity index is 3.80. The second-order valence-corrected chi connectivity index (χ2v) is 4.99. The second kappa shape index (κ2) is 9.93. The molecule has 18 heavy (non-hydrogen) atoms. The number of carbonyl (C=O) groups is 1. The first-order valence-corrected chi connectivity index (χ1v) is 6.94. The van der Waals surface area contributed by atoms with Gasteiger partial charge in [0.05, 0.1) is 6.10 Å². The Morgan fingerprint density at radius 1 is 1.11 bits per heavy atom. The fourth-order valence-electron chi connectivity index (χ4n) is 1.70. The lowest BCUT2D eigenvalue weighted by molar-refractivity contribution is -0.145. The van der Waals surface area contributed by atoms with Crippen LogP contribution in [0.2, 0.25) is 0 Å². The summed E-state index contributed by atoms with van der Waals surface area (Å²) in [7, 11) is 0. The Kier molecular flexibility index (Phi) is 9.35. The maximum Gasteiger partial charge on any atom is 0.302 e. The van der Waals surface area contributed by atoms with Gasteiger partial charge in [-0.2, -0.15) is 0 Å². The molecule has 0 radical (unpaired) electrons. The molecule has 104 valence electrons. The van der Waals surface area contributed by atoms with Crippen molar-refractivity contribution in [3.8, 4) is 0 Å². The van der Waals surface area contributed by atoms with Gasteiger partial charge in [-0.1, -0.05) is 30.2 Å². The van der Waals surface area contributed by atoms with E-state index in [4.69, 9.17) is 4.74 Å². The van der Waals surface area contributed by atoms with E-state index in [-0.39, 0.29) is 12.1 Å². The molecule has 2 heteroatoms. The molecule has 0 spiro atoms. The van der Waals surface area contributed by atoms with Gasteiger partial charge in [-0.25, -0.2) is 0 Å². The third-order valence-corrected chi connectivity index (χ3v) is 3.02. The quantitative estimate of drug-likeness (QED) is 0.458. The van der Waals surface area contributed by atoms with Gasteiger partial charge in [0, 0.05) is 6.92 Å². The molecular formula is C16H28O2. The molecule has 0 N–H and O–H groups in total. The molecule has 2 nitrogen and oxygen atoms in total. The Labute approximate surface area is 112 Å². The maximum atomic E-state index is 10.7. The number of rotatable bonds is 8. The number of esters is 1. The molecule has 0 fully saturated rings. The molecular weight excluding hydrogens is 224 g/mol. The summed E-state index contributed by atoms with van der Waals surface area (Å²) >= 11 is 0. The van der Waals surface area contributed by atoms with E-state index in [1.165, 1.54) is 18.1 Å². The van der Waals surface area contributed by atoms with Crippen LogP contribution in [0.1, 0.15) is 66.7 Å². The minimum absolute atomic E-state index is 0.0220. The highest BCUT2D eigenvalue weighted by atomic mass is 16.5. The van der Waals surface area contributed by atoms with Crippen molar-refractivity contribution in [3.63, 3.8) is 0 Å². The third-order valence-electron chi connectivity index (χ3n) is 3.02. The number of allylic oxidation sites excluding steroid dienone is 4. The van der Waals surface area contributed by atoms with E-state index < -0.39 is 0 Å². The number of hydrogen-bond acceptors (Lipinski definition) is 2. The Bertz CT molecular complexity index is 300. The molecule has 0 aliphatic rings. The molecule has 0 aromatic rings. The standard InChI is InChI=1S/C16H28O2/c1-6-13(2)9-7-10-14(3)11-8-12-15(4)18-16(5)17/h9,11,15H,6-8,10,12H2,1-5H3/b13-9?,14-11+. The second-order valence-electron chi connectivity index (χ2n) is 4.99. The van der Waals surface area contributed by atoms with E-state index in [1.54, 1.807) is 0 Å². The number of ether oxygens (including phenoxy) is 1. The topological polar surface area (TPSA) is 26.3 Å². The summed E-state index contributed by atoms with van der Waals surface area (Å²) in [4.78, 5) is 10.7. The lowest BCUT2D eigenvalue weighted by atomic mass is 10.1. The molecule has 0 rings (SSSR count). The zero-order valence-corrected chi connectivity index (χ0v) is 12.6. The van der Waals surface area contributed by atoms with Crippen molar-refractivity contribution in [2.75, 3.05) is 0 Å². The molecule has 0 aromatic carbocycles. The van der Waals surface area contributed by atoms with Crippen LogP contribution in [-0.2, 0) is 9.53 Å². The van der Waals surface area contributed by atoms with Crippen LogP contribution in [0.4, 0.5) is 0 Å². The van der Waals surface area contributed by atoms with E-state index in [0.29, 0.717) is 0 Å². The fraction of sp³-hybridized carbons (Fsp3) is 0.688. The molecule has 1 atom stereocenters. The average Bonchev–Trinajstić information content (AvgIpc) is 2.27. The lowest BCUT2D eigenvalue weighted by Gasteiger charge is -2.10. The molecule has 0 saturated heterocycles. The molecule has 0 aliphatic carbocycles. The molecule has 0 amide bonds. The van der Waals surface area contributed by atoms with Gasteiger partial charge in [0.1, 0.15) is 0 Å². The highest BCUT2D eigenvalue weighted by Crippen LogP contribution is 2.11. The number of carbonyl (C=O) groups excluding carboxylic acids is 1. The van der Waals surface area contributed by atoms with Crippen LogP contribution in [0.3, 0.4) is 0 Å². The minimum Gasteiger partial charge on any atom is -0.463 e. The van der Waals surface area contributed by atoms with Gasteiger partial charge >= 0.3 is 5.97 Å². The Morgan fingerprint density at radius 2 is 1.72 bits per heavy atom. The van der Waals surface area contributed by atoms with Crippen molar-refractivity contribution in [3.05, 3.63) is 23.3 Å². The molecule has 1 unspecified atom stereocenters. The van der Waals surface area contributed by atoms with E-state index in [1.807, 2.05) is 6.92 Å². The van der Waals surface area contributed by atoms with E-state index in [2.05, 4.69) is 32.9 Å². The molecule has 0 saturated carbocycles. The number of hydrogen-bond donors (Lipinski definition) is 0. The van der Waals surface area contributed by atoms with Crippen molar-refractivity contribution >= 4 is 5.97 Å². The van der Waals surface area contributed by atoms with Gasteiger partial charge in [-0.3, -0.25) is 4.79 Å². The van der Waals surface area contributed by atoms with Crippen LogP contribution in [0.15, 0.2) is 23.3 Å². The maximum absolute atomic E-state index is 10.7. The van der Waals surface area contributed by atoms with Gasteiger partial charge in [-0.15, -0.1) is 0 Å². The van der Waals surface area contributed by atoms with Crippen molar-refractivity contribution in [1.82, 2.24) is 0 Å². The largest absolute Gasteiger partial charge is 0.463 e. The summed E-state index contributed by atoms with van der Waals surface area (Å²) < 4.78 is 5.08. The van der Waals surface area contributed by atoms with Gasteiger partial charge in [0.2, 0.25) is 0 Å². The van der Waals surface area contributed by atoms with Gasteiger partial charge < -0.3 is 4.74 Å². The van der Waals surface area contributed by atoms with Crippen LogP contribution in [0.5, 0.6) is 0 Å². The van der Waals surface area contributed by atoms with Gasteiger partial charge in [-0.05, 0) is 52.9 Å². The monoisotopic (exact) mass is 252 g/mol. The van der Waals surface area contributed by atoms with Crippen molar-refractivity contribution < 1.29 is 9.53 Å². The van der Waals surface area contributed by atoms with Gasteiger partial charge in [0.15, 0.2) is 0 Å². The molecule has 0 aliphatic heterocycles. The summed E-state index contributed by atoms with van der Waals surface area (Å²) in [6.45, 7) is 9.94. The first-order chi connectivity index (χ1) is 8.45. The average molecular weight is 252 g/mol. The van der Waals surface area contributed by atoms with Crippen LogP contribution in [0.25, 0.3) is 0 Å². The van der Waals surface area contributed by atoms with E-state index in [0.717, 1.165) is 32.1 Å². The zero-order valence-electron chi connectivity index (χ0n) is 12.6. The SMILES string of the molecule is CCC(C)=CCC/C(C)=C/CCC(C)OC(C)=O. The molecule has 0 aromatic heterocycles. The summed E-state index contributed by atoms with van der Waals surface area (Å²) in [5, 5.41) is 0. The first kappa shape index (κ1) is 16.9. The lowest BCUT2D eigenvalue weighted by Crippen LogP contribution is -2.11. The summed E-state index contributed by atoms with van der Waals surface area (Å²) in [6, 6.07) is 0. The van der Waals surface area contributed by atoms with Crippen molar-refractivity contribution in [2.45, 2.75) is 72.8 Å². The Hall–Kier alpha value is -1.05. The van der Waals surface area contributed by atoms with Gasteiger partial charge in [0.25, 0.3) is 0 Å². The van der Waals surface area contributed by atoms with Crippen LogP contribution >= 0.6 is 0 Å². The highest BCUT2D eigenvalue weighted by molar-refractivity contribution is 5.66. The van der Waals surface area contributed by atoms with Crippen LogP contribution in [-0.4, -0.2) is 12.1 Å². The third kappa shape index (κ3) is 10.1. The van der Waals surface area contributed by atoms with Crippen LogP contribution < -0.4 is 0 Å². The summed E-state index contributed by atoms with van der Waals surface area (Å²) in [6.07, 6.45) is 9.88. The normalized spacial score (nSPS) is 14.5. The van der Waals surface area contributed by atoms with Crippen molar-refractivity contribution in [1.29, 1.82) is 0 Å². The smallest absolute Gasteiger partial charge is 0.302 e. The predicted octanol–water partition coefficient (Wildman–Crippen LogP) is 4.80. The summed E-state index contributed by atoms with van der Waals surface area (Å²) in [5.41, 5.74) is 2.89. The first-order valence-electron chi connectivity index (χ1n) is 6.94. The Morgan fingerprint density at radius 3 is 2.28 bits per heavy atom. The summed E-state index contributed by atoms with van der Waals surface area (Å²) in [5.74, 6) is -0.191. The molecule has 0 heterocycles. The predicted molar refractivity (Wildman–Crippen MR) is 77.5 cm³/mol. The molecule has 0 bridgehead atoms. The van der Waals surface area contributed by atoms with E-state index in [9.17, 15) is 4.79 Å². The zero-order chi connectivity index (χ0) is 14.0. The minimum atomic E-state index is -0.191. The fourth-order valence-corrected chi connectivity index (χ4v) is 1.70. The van der Waals surface area contributed by atoms with Crippen LogP contribution in [0, 0.1) is 0 Å².